The van der Waals surface area contributed by atoms with Crippen LogP contribution < -0.4 is 0 Å². The summed E-state index contributed by atoms with van der Waals surface area (Å²) in [5.74, 6) is 0. The molecule has 0 aliphatic heterocycles. The van der Waals surface area contributed by atoms with Crippen LogP contribution in [0.4, 0.5) is 0 Å². The number of aliphatic hydroxyl groups excluding tert-OH is 1. The Labute approximate surface area is 107 Å². The Morgan fingerprint density at radius 2 is 1.59 bits per heavy atom. The predicted octanol–water partition coefficient (Wildman–Crippen LogP) is 4.33. The van der Waals surface area contributed by atoms with Crippen LogP contribution in [-0.4, -0.2) is 11.2 Å². The normalized spacial score (nSPS) is 24.7. The van der Waals surface area contributed by atoms with E-state index in [1.54, 1.807) is 0 Å². The van der Waals surface area contributed by atoms with Gasteiger partial charge in [0, 0.05) is 5.41 Å². The minimum atomic E-state index is -0.405. The summed E-state index contributed by atoms with van der Waals surface area (Å²) in [7, 11) is 0. The minimum Gasteiger partial charge on any atom is -0.388 e. The first-order valence-electron chi connectivity index (χ1n) is 6.64. The molecule has 0 aromatic rings. The van der Waals surface area contributed by atoms with Gasteiger partial charge in [0.1, 0.15) is 0 Å². The molecule has 0 aromatic carbocycles. The SMILES string of the molecule is CCC1=CC(C(C)(C)C)(C(C)(C)C)C(O)C=C1. The number of allylic oxidation sites excluding steroid dienone is 2. The Balaban J connectivity index is 3.43. The first kappa shape index (κ1) is 14.5. The van der Waals surface area contributed by atoms with Crippen molar-refractivity contribution in [3.63, 3.8) is 0 Å². The predicted molar refractivity (Wildman–Crippen MR) is 74.9 cm³/mol. The smallest absolute Gasteiger partial charge is 0.0824 e. The van der Waals surface area contributed by atoms with Gasteiger partial charge < -0.3 is 5.11 Å². The van der Waals surface area contributed by atoms with E-state index in [2.05, 4.69) is 60.6 Å². The molecule has 1 unspecified atom stereocenters. The van der Waals surface area contributed by atoms with Crippen LogP contribution in [0.5, 0.6) is 0 Å². The van der Waals surface area contributed by atoms with Crippen LogP contribution in [0.15, 0.2) is 23.8 Å². The van der Waals surface area contributed by atoms with Crippen molar-refractivity contribution >= 4 is 0 Å². The van der Waals surface area contributed by atoms with Crippen molar-refractivity contribution in [2.45, 2.75) is 61.0 Å². The topological polar surface area (TPSA) is 20.2 Å². The molecule has 0 radical (unpaired) electrons. The van der Waals surface area contributed by atoms with Crippen molar-refractivity contribution in [1.82, 2.24) is 0 Å². The molecule has 1 heteroatoms. The zero-order chi connectivity index (χ0) is 13.5. The van der Waals surface area contributed by atoms with Gasteiger partial charge in [-0.05, 0) is 17.3 Å². The maximum absolute atomic E-state index is 10.6. The first-order valence-corrected chi connectivity index (χ1v) is 6.64. The van der Waals surface area contributed by atoms with Gasteiger partial charge in [0.05, 0.1) is 6.10 Å². The standard InChI is InChI=1S/C16H28O/c1-8-12-9-10-13(17)16(11-12,14(2,3)4)15(5,6)7/h9-11,13,17H,8H2,1-7H3. The zero-order valence-corrected chi connectivity index (χ0v) is 12.5. The lowest BCUT2D eigenvalue weighted by atomic mass is 9.50. The van der Waals surface area contributed by atoms with Crippen LogP contribution in [-0.2, 0) is 0 Å². The third-order valence-corrected chi connectivity index (χ3v) is 4.26. The number of aliphatic hydroxyl groups is 1. The van der Waals surface area contributed by atoms with Gasteiger partial charge in [0.2, 0.25) is 0 Å². The van der Waals surface area contributed by atoms with Gasteiger partial charge in [0.15, 0.2) is 0 Å². The lowest BCUT2D eigenvalue weighted by Gasteiger charge is -2.55. The van der Waals surface area contributed by atoms with Crippen LogP contribution in [0.2, 0.25) is 0 Å². The molecular weight excluding hydrogens is 208 g/mol. The molecule has 0 amide bonds. The second kappa shape index (κ2) is 4.28. The largest absolute Gasteiger partial charge is 0.388 e. The Bertz CT molecular complexity index is 320. The molecule has 1 rings (SSSR count). The molecule has 0 bridgehead atoms. The molecule has 0 fully saturated rings. The summed E-state index contributed by atoms with van der Waals surface area (Å²) in [4.78, 5) is 0. The van der Waals surface area contributed by atoms with Crippen LogP contribution >= 0.6 is 0 Å². The maximum Gasteiger partial charge on any atom is 0.0824 e. The van der Waals surface area contributed by atoms with E-state index >= 15 is 0 Å². The van der Waals surface area contributed by atoms with Gasteiger partial charge in [-0.3, -0.25) is 0 Å². The zero-order valence-electron chi connectivity index (χ0n) is 12.5. The van der Waals surface area contributed by atoms with Gasteiger partial charge in [-0.25, -0.2) is 0 Å². The summed E-state index contributed by atoms with van der Waals surface area (Å²) in [5.41, 5.74) is 1.17. The lowest BCUT2D eigenvalue weighted by Crippen LogP contribution is -2.53. The van der Waals surface area contributed by atoms with Crippen LogP contribution in [0.25, 0.3) is 0 Å². The summed E-state index contributed by atoms with van der Waals surface area (Å²) in [6.45, 7) is 15.5. The van der Waals surface area contributed by atoms with Gasteiger partial charge in [-0.1, -0.05) is 72.3 Å². The Morgan fingerprint density at radius 1 is 1.12 bits per heavy atom. The molecule has 0 saturated heterocycles. The van der Waals surface area contributed by atoms with Gasteiger partial charge >= 0.3 is 0 Å². The van der Waals surface area contributed by atoms with E-state index in [4.69, 9.17) is 0 Å². The first-order chi connectivity index (χ1) is 7.56. The summed E-state index contributed by atoms with van der Waals surface area (Å²) in [6.07, 6.45) is 6.97. The van der Waals surface area contributed by atoms with Crippen molar-refractivity contribution < 1.29 is 5.11 Å². The summed E-state index contributed by atoms with van der Waals surface area (Å²) in [6, 6.07) is 0. The second-order valence-electron chi connectivity index (χ2n) is 7.25. The molecule has 1 aliphatic carbocycles. The van der Waals surface area contributed by atoms with E-state index in [9.17, 15) is 5.11 Å². The average molecular weight is 236 g/mol. The maximum atomic E-state index is 10.6. The van der Waals surface area contributed by atoms with Crippen molar-refractivity contribution in [2.24, 2.45) is 16.2 Å². The van der Waals surface area contributed by atoms with E-state index in [1.807, 2.05) is 6.08 Å². The van der Waals surface area contributed by atoms with Crippen molar-refractivity contribution in [1.29, 1.82) is 0 Å². The third kappa shape index (κ3) is 2.22. The monoisotopic (exact) mass is 236 g/mol. The minimum absolute atomic E-state index is 0.0237. The van der Waals surface area contributed by atoms with Crippen LogP contribution in [0.1, 0.15) is 54.9 Å². The molecule has 1 atom stereocenters. The number of hydrogen-bond donors (Lipinski definition) is 1. The van der Waals surface area contributed by atoms with E-state index in [0.29, 0.717) is 0 Å². The highest BCUT2D eigenvalue weighted by Gasteiger charge is 2.53. The summed E-state index contributed by atoms with van der Waals surface area (Å²) in [5, 5.41) is 10.6. The van der Waals surface area contributed by atoms with Gasteiger partial charge in [0.25, 0.3) is 0 Å². The highest BCUT2D eigenvalue weighted by Crippen LogP contribution is 2.57. The number of hydrogen-bond acceptors (Lipinski definition) is 1. The number of rotatable bonds is 1. The Kier molecular flexibility index (Phi) is 3.65. The van der Waals surface area contributed by atoms with E-state index in [0.717, 1.165) is 6.42 Å². The van der Waals surface area contributed by atoms with Crippen molar-refractivity contribution in [2.75, 3.05) is 0 Å². The van der Waals surface area contributed by atoms with Crippen LogP contribution in [0.3, 0.4) is 0 Å². The molecule has 1 N–H and O–H groups in total. The highest BCUT2D eigenvalue weighted by atomic mass is 16.3. The molecular formula is C16H28O. The fraction of sp³-hybridized carbons (Fsp3) is 0.750. The van der Waals surface area contributed by atoms with Gasteiger partial charge in [-0.15, -0.1) is 0 Å². The molecule has 1 nitrogen and oxygen atoms in total. The Morgan fingerprint density at radius 3 is 1.94 bits per heavy atom. The summed E-state index contributed by atoms with van der Waals surface area (Å²) < 4.78 is 0. The fourth-order valence-corrected chi connectivity index (χ4v) is 3.46. The van der Waals surface area contributed by atoms with Crippen molar-refractivity contribution in [3.05, 3.63) is 23.8 Å². The van der Waals surface area contributed by atoms with E-state index in [-0.39, 0.29) is 16.2 Å². The molecule has 98 valence electrons. The van der Waals surface area contributed by atoms with Crippen LogP contribution in [0, 0.1) is 16.2 Å². The molecule has 17 heavy (non-hydrogen) atoms. The van der Waals surface area contributed by atoms with E-state index in [1.165, 1.54) is 5.57 Å². The van der Waals surface area contributed by atoms with Crippen molar-refractivity contribution in [3.8, 4) is 0 Å². The molecule has 0 aromatic heterocycles. The molecule has 0 heterocycles. The highest BCUT2D eigenvalue weighted by molar-refractivity contribution is 5.33. The van der Waals surface area contributed by atoms with E-state index < -0.39 is 6.10 Å². The van der Waals surface area contributed by atoms with Gasteiger partial charge in [-0.2, -0.15) is 0 Å². The lowest BCUT2D eigenvalue weighted by molar-refractivity contribution is -0.0712. The third-order valence-electron chi connectivity index (χ3n) is 4.26. The average Bonchev–Trinajstić information content (AvgIpc) is 2.14. The Hall–Kier alpha value is -0.560. The second-order valence-corrected chi connectivity index (χ2v) is 7.25. The molecule has 0 spiro atoms. The quantitative estimate of drug-likeness (QED) is 0.718. The fourth-order valence-electron chi connectivity index (χ4n) is 3.46. The molecule has 0 saturated carbocycles. The molecule has 1 aliphatic rings. The summed E-state index contributed by atoms with van der Waals surface area (Å²) >= 11 is 0.